The Morgan fingerprint density at radius 1 is 1.55 bits per heavy atom. The quantitative estimate of drug-likeness (QED) is 0.616. The fraction of sp³-hybridized carbons (Fsp3) is 0.538. The molecule has 1 aromatic carbocycles. The van der Waals surface area contributed by atoms with Crippen molar-refractivity contribution in [3.8, 4) is 5.75 Å². The minimum absolute atomic E-state index is 0.0323. The summed E-state index contributed by atoms with van der Waals surface area (Å²) in [5.41, 5.74) is 3.42. The molecular formula is C13H19FN2O3S. The van der Waals surface area contributed by atoms with Crippen molar-refractivity contribution in [1.29, 1.82) is 0 Å². The molecule has 0 saturated carbocycles. The van der Waals surface area contributed by atoms with Crippen LogP contribution in [-0.4, -0.2) is 33.1 Å². The van der Waals surface area contributed by atoms with Crippen molar-refractivity contribution in [2.75, 3.05) is 18.6 Å². The van der Waals surface area contributed by atoms with Gasteiger partial charge in [0.15, 0.2) is 21.4 Å². The van der Waals surface area contributed by atoms with E-state index >= 15 is 0 Å². The second-order valence-electron chi connectivity index (χ2n) is 5.11. The molecule has 20 heavy (non-hydrogen) atoms. The summed E-state index contributed by atoms with van der Waals surface area (Å²) in [5, 5.41) is 0. The standard InChI is InChI=1S/C13H19FN2O3S/c1-19-13-3-2-9(6-11(13)14)7-12(16-15)10-4-5-20(17,18)8-10/h2-3,6,10,12,16H,4-5,7-8,15H2,1H3. The van der Waals surface area contributed by atoms with Crippen molar-refractivity contribution >= 4 is 9.84 Å². The van der Waals surface area contributed by atoms with Gasteiger partial charge in [-0.05, 0) is 36.5 Å². The van der Waals surface area contributed by atoms with E-state index < -0.39 is 15.7 Å². The number of hydrazine groups is 1. The average molecular weight is 302 g/mol. The molecule has 2 atom stereocenters. The lowest BCUT2D eigenvalue weighted by molar-refractivity contribution is 0.378. The zero-order valence-corrected chi connectivity index (χ0v) is 12.1. The van der Waals surface area contributed by atoms with Crippen LogP contribution in [-0.2, 0) is 16.3 Å². The van der Waals surface area contributed by atoms with E-state index in [1.54, 1.807) is 12.1 Å². The van der Waals surface area contributed by atoms with Gasteiger partial charge < -0.3 is 4.74 Å². The smallest absolute Gasteiger partial charge is 0.165 e. The molecule has 1 aliphatic rings. The van der Waals surface area contributed by atoms with E-state index in [2.05, 4.69) is 5.43 Å². The Hall–Kier alpha value is -1.18. The third-order valence-corrected chi connectivity index (χ3v) is 5.52. The summed E-state index contributed by atoms with van der Waals surface area (Å²) >= 11 is 0. The van der Waals surface area contributed by atoms with E-state index in [0.717, 1.165) is 5.56 Å². The Labute approximate surface area is 118 Å². The predicted molar refractivity (Wildman–Crippen MR) is 74.5 cm³/mol. The van der Waals surface area contributed by atoms with Crippen LogP contribution in [0.25, 0.3) is 0 Å². The lowest BCUT2D eigenvalue weighted by Gasteiger charge is -2.21. The second kappa shape index (κ2) is 6.07. The molecule has 1 heterocycles. The van der Waals surface area contributed by atoms with Crippen LogP contribution in [0.3, 0.4) is 0 Å². The monoisotopic (exact) mass is 302 g/mol. The zero-order chi connectivity index (χ0) is 14.8. The van der Waals surface area contributed by atoms with Crippen LogP contribution in [0.2, 0.25) is 0 Å². The summed E-state index contributed by atoms with van der Waals surface area (Å²) in [5.74, 6) is 5.59. The highest BCUT2D eigenvalue weighted by molar-refractivity contribution is 7.91. The third-order valence-electron chi connectivity index (χ3n) is 3.72. The molecule has 1 fully saturated rings. The maximum atomic E-state index is 13.6. The van der Waals surface area contributed by atoms with E-state index in [9.17, 15) is 12.8 Å². The van der Waals surface area contributed by atoms with E-state index in [0.29, 0.717) is 12.8 Å². The fourth-order valence-electron chi connectivity index (χ4n) is 2.59. The molecule has 0 amide bonds. The Balaban J connectivity index is 2.09. The summed E-state index contributed by atoms with van der Waals surface area (Å²) in [6, 6.07) is 4.53. The largest absolute Gasteiger partial charge is 0.494 e. The van der Waals surface area contributed by atoms with Crippen LogP contribution in [0.15, 0.2) is 18.2 Å². The molecule has 7 heteroatoms. The van der Waals surface area contributed by atoms with Gasteiger partial charge in [-0.2, -0.15) is 0 Å². The molecule has 1 saturated heterocycles. The van der Waals surface area contributed by atoms with Crippen LogP contribution < -0.4 is 16.0 Å². The molecule has 0 radical (unpaired) electrons. The Morgan fingerprint density at radius 3 is 2.80 bits per heavy atom. The number of nitrogens with two attached hydrogens (primary N) is 1. The number of hydrogen-bond acceptors (Lipinski definition) is 5. The lowest BCUT2D eigenvalue weighted by Crippen LogP contribution is -2.43. The number of hydrogen-bond donors (Lipinski definition) is 2. The number of rotatable bonds is 5. The van der Waals surface area contributed by atoms with Crippen LogP contribution in [0, 0.1) is 11.7 Å². The zero-order valence-electron chi connectivity index (χ0n) is 11.3. The first-order chi connectivity index (χ1) is 9.45. The van der Waals surface area contributed by atoms with Crippen LogP contribution in [0.4, 0.5) is 4.39 Å². The topological polar surface area (TPSA) is 81.4 Å². The first-order valence-electron chi connectivity index (χ1n) is 6.44. The van der Waals surface area contributed by atoms with Crippen molar-refractivity contribution < 1.29 is 17.5 Å². The molecule has 3 N–H and O–H groups in total. The average Bonchev–Trinajstić information content (AvgIpc) is 2.76. The molecule has 0 spiro atoms. The molecule has 5 nitrogen and oxygen atoms in total. The number of benzene rings is 1. The summed E-state index contributed by atoms with van der Waals surface area (Å²) in [6.07, 6.45) is 1.08. The highest BCUT2D eigenvalue weighted by Gasteiger charge is 2.33. The number of sulfone groups is 1. The highest BCUT2D eigenvalue weighted by atomic mass is 32.2. The maximum absolute atomic E-state index is 13.6. The van der Waals surface area contributed by atoms with E-state index in [1.165, 1.54) is 13.2 Å². The van der Waals surface area contributed by atoms with Gasteiger partial charge in [-0.3, -0.25) is 11.3 Å². The highest BCUT2D eigenvalue weighted by Crippen LogP contribution is 2.25. The van der Waals surface area contributed by atoms with Gasteiger partial charge in [-0.15, -0.1) is 0 Å². The van der Waals surface area contributed by atoms with Crippen LogP contribution >= 0.6 is 0 Å². The predicted octanol–water partition coefficient (Wildman–Crippen LogP) is 0.643. The molecule has 1 aromatic rings. The molecular weight excluding hydrogens is 283 g/mol. The van der Waals surface area contributed by atoms with Gasteiger partial charge in [0, 0.05) is 6.04 Å². The summed E-state index contributed by atoms with van der Waals surface area (Å²) in [7, 11) is -1.54. The van der Waals surface area contributed by atoms with Gasteiger partial charge in [0.05, 0.1) is 18.6 Å². The molecule has 0 aliphatic carbocycles. The van der Waals surface area contributed by atoms with Gasteiger partial charge in [-0.25, -0.2) is 12.8 Å². The van der Waals surface area contributed by atoms with E-state index in [4.69, 9.17) is 10.6 Å². The third kappa shape index (κ3) is 3.47. The number of methoxy groups -OCH3 is 1. The molecule has 2 rings (SSSR count). The van der Waals surface area contributed by atoms with Crippen molar-refractivity contribution in [2.45, 2.75) is 18.9 Å². The van der Waals surface area contributed by atoms with Crippen molar-refractivity contribution in [3.63, 3.8) is 0 Å². The summed E-state index contributed by atoms with van der Waals surface area (Å²) < 4.78 is 41.5. The van der Waals surface area contributed by atoms with E-state index in [-0.39, 0.29) is 29.2 Å². The summed E-state index contributed by atoms with van der Waals surface area (Å²) in [4.78, 5) is 0. The Kier molecular flexibility index (Phi) is 4.62. The van der Waals surface area contributed by atoms with Crippen molar-refractivity contribution in [3.05, 3.63) is 29.6 Å². The molecule has 112 valence electrons. The van der Waals surface area contributed by atoms with Crippen LogP contribution in [0.5, 0.6) is 5.75 Å². The Morgan fingerprint density at radius 2 is 2.30 bits per heavy atom. The first kappa shape index (κ1) is 15.2. The molecule has 1 aliphatic heterocycles. The minimum atomic E-state index is -2.95. The van der Waals surface area contributed by atoms with Gasteiger partial charge >= 0.3 is 0 Å². The van der Waals surface area contributed by atoms with Crippen LogP contribution in [0.1, 0.15) is 12.0 Å². The minimum Gasteiger partial charge on any atom is -0.494 e. The number of halogens is 1. The summed E-state index contributed by atoms with van der Waals surface area (Å²) in [6.45, 7) is 0. The van der Waals surface area contributed by atoms with Gasteiger partial charge in [0.2, 0.25) is 0 Å². The molecule has 0 bridgehead atoms. The Bertz CT molecular complexity index is 577. The number of ether oxygens (including phenoxy) is 1. The molecule has 0 aromatic heterocycles. The van der Waals surface area contributed by atoms with Gasteiger partial charge in [0.25, 0.3) is 0 Å². The van der Waals surface area contributed by atoms with Crippen molar-refractivity contribution in [2.24, 2.45) is 11.8 Å². The number of nitrogens with one attached hydrogen (secondary N) is 1. The fourth-order valence-corrected chi connectivity index (χ4v) is 4.47. The lowest BCUT2D eigenvalue weighted by atomic mass is 9.93. The van der Waals surface area contributed by atoms with Gasteiger partial charge in [0.1, 0.15) is 0 Å². The molecule has 2 unspecified atom stereocenters. The first-order valence-corrected chi connectivity index (χ1v) is 8.26. The maximum Gasteiger partial charge on any atom is 0.165 e. The SMILES string of the molecule is COc1ccc(CC(NN)C2CCS(=O)(=O)C2)cc1F. The second-order valence-corrected chi connectivity index (χ2v) is 7.34. The van der Waals surface area contributed by atoms with Gasteiger partial charge in [-0.1, -0.05) is 6.07 Å². The normalized spacial score (nSPS) is 22.6. The van der Waals surface area contributed by atoms with Crippen molar-refractivity contribution in [1.82, 2.24) is 5.43 Å². The van der Waals surface area contributed by atoms with E-state index in [1.807, 2.05) is 0 Å².